The molecule has 0 amide bonds. The minimum absolute atomic E-state index is 0.749. The number of nitriles is 1. The van der Waals surface area contributed by atoms with Crippen LogP contribution in [0.1, 0.15) is 30.5 Å². The average molecular weight is 224 g/mol. The smallest absolute Gasteiger partial charge is 0.0994 e. The van der Waals surface area contributed by atoms with Crippen LogP contribution in [0, 0.1) is 11.3 Å². The molecule has 0 unspecified atom stereocenters. The van der Waals surface area contributed by atoms with E-state index < -0.39 is 0 Å². The van der Waals surface area contributed by atoms with Crippen LogP contribution in [-0.2, 0) is 6.42 Å². The van der Waals surface area contributed by atoms with Gasteiger partial charge in [0.05, 0.1) is 11.6 Å². The van der Waals surface area contributed by atoms with Crippen molar-refractivity contribution in [1.29, 1.82) is 5.26 Å². The summed E-state index contributed by atoms with van der Waals surface area (Å²) in [5.74, 6) is 0. The predicted octanol–water partition coefficient (Wildman–Crippen LogP) is 3.74. The molecule has 0 bridgehead atoms. The van der Waals surface area contributed by atoms with Crippen LogP contribution in [0.2, 0.25) is 0 Å². The van der Waals surface area contributed by atoms with E-state index >= 15 is 0 Å². The summed E-state index contributed by atoms with van der Waals surface area (Å²) in [5.41, 5.74) is 3.96. The number of allylic oxidation sites excluding steroid dienone is 2. The highest BCUT2D eigenvalue weighted by atomic mass is 14.6. The highest BCUT2D eigenvalue weighted by Gasteiger charge is 2.02. The van der Waals surface area contributed by atoms with Crippen molar-refractivity contribution in [2.75, 3.05) is 0 Å². The fourth-order valence-electron chi connectivity index (χ4n) is 1.55. The van der Waals surface area contributed by atoms with Gasteiger partial charge < -0.3 is 0 Å². The third kappa shape index (κ3) is 3.42. The lowest BCUT2D eigenvalue weighted by atomic mass is 9.99. The Morgan fingerprint density at radius 1 is 1.53 bits per heavy atom. The Morgan fingerprint density at radius 3 is 2.88 bits per heavy atom. The monoisotopic (exact) mass is 224 g/mol. The number of hydrogen-bond acceptors (Lipinski definition) is 2. The topological polar surface area (TPSA) is 36.1 Å². The Kier molecular flexibility index (Phi) is 4.90. The lowest BCUT2D eigenvalue weighted by molar-refractivity contribution is 1.13. The molecule has 17 heavy (non-hydrogen) atoms. The molecule has 0 N–H and O–H groups in total. The van der Waals surface area contributed by atoms with Crippen LogP contribution in [0.15, 0.2) is 42.0 Å². The number of hydrogen-bond donors (Lipinski definition) is 0. The van der Waals surface area contributed by atoms with Gasteiger partial charge in [0.25, 0.3) is 0 Å². The number of nitrogens with zero attached hydrogens (tertiary/aromatic N) is 2. The van der Waals surface area contributed by atoms with Crippen LogP contribution < -0.4 is 0 Å². The first-order valence-corrected chi connectivity index (χ1v) is 5.57. The van der Waals surface area contributed by atoms with Crippen molar-refractivity contribution < 1.29 is 0 Å². The van der Waals surface area contributed by atoms with Gasteiger partial charge in [-0.3, -0.25) is 4.99 Å². The van der Waals surface area contributed by atoms with Gasteiger partial charge in [-0.1, -0.05) is 25.6 Å². The normalized spacial score (nSPS) is 11.5. The van der Waals surface area contributed by atoms with Crippen molar-refractivity contribution in [1.82, 2.24) is 0 Å². The Balaban J connectivity index is 3.08. The summed E-state index contributed by atoms with van der Waals surface area (Å²) in [6, 6.07) is 8.20. The average Bonchev–Trinajstić information content (AvgIpc) is 2.38. The van der Waals surface area contributed by atoms with E-state index in [1.807, 2.05) is 31.2 Å². The summed E-state index contributed by atoms with van der Waals surface area (Å²) in [6.45, 7) is 7.56. The van der Waals surface area contributed by atoms with Gasteiger partial charge in [-0.2, -0.15) is 5.26 Å². The van der Waals surface area contributed by atoms with Crippen LogP contribution >= 0.6 is 0 Å². The van der Waals surface area contributed by atoms with E-state index in [0.29, 0.717) is 0 Å². The Hall–Kier alpha value is -2.14. The Labute approximate surface area is 103 Å². The molecule has 0 aliphatic heterocycles. The molecule has 2 nitrogen and oxygen atoms in total. The molecule has 0 aromatic heterocycles. The molecule has 0 aliphatic carbocycles. The first-order chi connectivity index (χ1) is 8.22. The molecule has 1 aromatic carbocycles. The van der Waals surface area contributed by atoms with Gasteiger partial charge in [-0.15, -0.1) is 0 Å². The molecule has 0 aliphatic rings. The number of rotatable bonds is 4. The zero-order valence-corrected chi connectivity index (χ0v) is 10.3. The molecule has 1 rings (SSSR count). The Bertz CT molecular complexity index is 502. The van der Waals surface area contributed by atoms with Crippen molar-refractivity contribution in [3.63, 3.8) is 0 Å². The summed E-state index contributed by atoms with van der Waals surface area (Å²) in [5, 5.41) is 9.06. The molecule has 0 radical (unpaired) electrons. The molecule has 0 fully saturated rings. The quantitative estimate of drug-likeness (QED) is 0.718. The summed E-state index contributed by atoms with van der Waals surface area (Å²) < 4.78 is 0. The summed E-state index contributed by atoms with van der Waals surface area (Å²) in [6.07, 6.45) is 5.97. The van der Waals surface area contributed by atoms with Crippen LogP contribution in [0.3, 0.4) is 0 Å². The second kappa shape index (κ2) is 6.44. The maximum Gasteiger partial charge on any atom is 0.0994 e. The predicted molar refractivity (Wildman–Crippen MR) is 72.9 cm³/mol. The molecule has 2 heteroatoms. The molecular weight excluding hydrogens is 208 g/mol. The molecule has 0 saturated carbocycles. The lowest BCUT2D eigenvalue weighted by Crippen LogP contribution is -1.90. The van der Waals surface area contributed by atoms with Crippen molar-refractivity contribution >= 4 is 11.8 Å². The van der Waals surface area contributed by atoms with Crippen LogP contribution in [0.4, 0.5) is 0 Å². The second-order valence-corrected chi connectivity index (χ2v) is 3.67. The van der Waals surface area contributed by atoms with E-state index in [1.54, 1.807) is 6.21 Å². The maximum atomic E-state index is 9.06. The summed E-state index contributed by atoms with van der Waals surface area (Å²) >= 11 is 0. The molecule has 86 valence electrons. The standard InChI is InChI=1S/C15H16N2/c1-4-13-6-7-14(10-15(13)11-16)12(3)8-9-17-5-2/h5-10H,2,4H2,1,3H3/b12-8+,17-9?. The molecule has 1 aromatic rings. The van der Waals surface area contributed by atoms with Crippen molar-refractivity contribution in [2.45, 2.75) is 20.3 Å². The van der Waals surface area contributed by atoms with Gasteiger partial charge in [0.15, 0.2) is 0 Å². The summed E-state index contributed by atoms with van der Waals surface area (Å²) in [7, 11) is 0. The maximum absolute atomic E-state index is 9.06. The molecule has 0 atom stereocenters. The Morgan fingerprint density at radius 2 is 2.29 bits per heavy atom. The van der Waals surface area contributed by atoms with Gasteiger partial charge in [0, 0.05) is 12.4 Å². The van der Waals surface area contributed by atoms with Crippen LogP contribution in [0.5, 0.6) is 0 Å². The number of benzene rings is 1. The highest BCUT2D eigenvalue weighted by molar-refractivity contribution is 5.84. The van der Waals surface area contributed by atoms with Gasteiger partial charge in [0.2, 0.25) is 0 Å². The number of aryl methyl sites for hydroxylation is 1. The van der Waals surface area contributed by atoms with Crippen LogP contribution in [0.25, 0.3) is 5.57 Å². The minimum Gasteiger partial charge on any atom is -0.265 e. The largest absolute Gasteiger partial charge is 0.265 e. The molecule has 0 spiro atoms. The van der Waals surface area contributed by atoms with E-state index in [4.69, 9.17) is 5.26 Å². The van der Waals surface area contributed by atoms with E-state index in [1.165, 1.54) is 6.20 Å². The first kappa shape index (κ1) is 12.9. The van der Waals surface area contributed by atoms with Gasteiger partial charge >= 0.3 is 0 Å². The first-order valence-electron chi connectivity index (χ1n) is 5.57. The molecule has 0 saturated heterocycles. The van der Waals surface area contributed by atoms with Crippen molar-refractivity contribution in [2.24, 2.45) is 4.99 Å². The van der Waals surface area contributed by atoms with Gasteiger partial charge in [-0.25, -0.2) is 0 Å². The van der Waals surface area contributed by atoms with Crippen LogP contribution in [-0.4, -0.2) is 6.21 Å². The third-order valence-electron chi connectivity index (χ3n) is 2.58. The summed E-state index contributed by atoms with van der Waals surface area (Å²) in [4.78, 5) is 3.91. The van der Waals surface area contributed by atoms with Crippen molar-refractivity contribution in [3.05, 3.63) is 53.7 Å². The van der Waals surface area contributed by atoms with Gasteiger partial charge in [0.1, 0.15) is 0 Å². The number of aliphatic imine (C=N–C) groups is 1. The van der Waals surface area contributed by atoms with E-state index in [0.717, 1.165) is 28.7 Å². The second-order valence-electron chi connectivity index (χ2n) is 3.67. The fraction of sp³-hybridized carbons (Fsp3) is 0.200. The molecular formula is C15H16N2. The zero-order valence-electron chi connectivity index (χ0n) is 10.3. The lowest BCUT2D eigenvalue weighted by Gasteiger charge is -2.05. The SMILES string of the molecule is C=CN=C/C=C(\C)c1ccc(CC)c(C#N)c1. The third-order valence-corrected chi connectivity index (χ3v) is 2.58. The van der Waals surface area contributed by atoms with E-state index in [2.05, 4.69) is 24.6 Å². The van der Waals surface area contributed by atoms with Gasteiger partial charge in [-0.05, 0) is 42.2 Å². The molecule has 0 heterocycles. The van der Waals surface area contributed by atoms with E-state index in [9.17, 15) is 0 Å². The van der Waals surface area contributed by atoms with E-state index in [-0.39, 0.29) is 0 Å². The minimum atomic E-state index is 0.749. The van der Waals surface area contributed by atoms with Crippen molar-refractivity contribution in [3.8, 4) is 6.07 Å². The fourth-order valence-corrected chi connectivity index (χ4v) is 1.55. The highest BCUT2D eigenvalue weighted by Crippen LogP contribution is 2.18. The zero-order chi connectivity index (χ0) is 12.7.